The summed E-state index contributed by atoms with van der Waals surface area (Å²) < 4.78 is 23.3. The lowest BCUT2D eigenvalue weighted by Crippen LogP contribution is -2.61. The predicted molar refractivity (Wildman–Crippen MR) is 531 cm³/mol. The molecule has 0 radical (unpaired) electrons. The molecular weight excluding hydrogens is 1520 g/mol. The lowest BCUT2D eigenvalue weighted by molar-refractivity contribution is 0.282. The van der Waals surface area contributed by atoms with E-state index in [0.717, 1.165) is 148 Å². The molecule has 14 aromatic rings. The molecule has 0 amide bonds. The monoisotopic (exact) mass is 1640 g/mol. The van der Waals surface area contributed by atoms with E-state index in [-0.39, 0.29) is 73.0 Å². The molecule has 8 aliphatic rings. The zero-order chi connectivity index (χ0) is 87.4. The number of furan rings is 3. The van der Waals surface area contributed by atoms with Gasteiger partial charge in [0.2, 0.25) is 5.88 Å². The zero-order valence-electron chi connectivity index (χ0n) is 78.7. The number of para-hydroxylation sites is 2. The van der Waals surface area contributed by atoms with Crippen LogP contribution in [0.3, 0.4) is 0 Å². The third-order valence-electron chi connectivity index (χ3n) is 32.4. The highest BCUT2D eigenvalue weighted by Crippen LogP contribution is 2.60. The summed E-state index contributed by atoms with van der Waals surface area (Å²) >= 11 is 0. The van der Waals surface area contributed by atoms with Crippen molar-refractivity contribution in [1.82, 2.24) is 0 Å². The molecule has 4 aliphatic heterocycles. The van der Waals surface area contributed by atoms with Crippen LogP contribution in [0.1, 0.15) is 284 Å². The van der Waals surface area contributed by atoms with Crippen molar-refractivity contribution in [2.75, 3.05) is 19.6 Å². The third-order valence-corrected chi connectivity index (χ3v) is 32.4. The number of rotatable bonds is 7. The summed E-state index contributed by atoms with van der Waals surface area (Å²) in [5.41, 5.74) is 39.3. The molecule has 4 aliphatic carbocycles. The van der Waals surface area contributed by atoms with Gasteiger partial charge in [-0.25, -0.2) is 0 Å². The maximum absolute atomic E-state index is 8.01. The Hall–Kier alpha value is -10.6. The van der Waals surface area contributed by atoms with E-state index in [1.165, 1.54) is 122 Å². The van der Waals surface area contributed by atoms with E-state index in [2.05, 4.69) is 392 Å². The van der Waals surface area contributed by atoms with Gasteiger partial charge in [-0.1, -0.05) is 275 Å². The van der Waals surface area contributed by atoms with Crippen LogP contribution in [-0.4, -0.2) is 13.4 Å². The van der Waals surface area contributed by atoms with E-state index in [1.807, 2.05) is 0 Å². The van der Waals surface area contributed by atoms with Crippen LogP contribution in [0.5, 0.6) is 0 Å². The minimum absolute atomic E-state index is 0.00850. The number of anilines is 12. The minimum Gasteiger partial charge on any atom is -0.472 e. The normalized spacial score (nSPS) is 19.8. The largest absolute Gasteiger partial charge is 0.472 e. The van der Waals surface area contributed by atoms with Gasteiger partial charge >= 0.3 is 0 Å². The standard InChI is InChI=1S/C116H124B2N4O3/c1-106(2,3)71-38-43-74(44-39-71)119-89-34-29-35-90-99(89)118(104-101(97-103(125-104)115(22,23)55-54-114(97,20)21)120(90)75-45-40-72(41-46-75)107(4,5)6)87-64-85-83(65-92(87)119)113(18,19)56-57-116(85,24)67-68-30-27-31-69(58-68)70-59-93-100-94(60-70)122(91-36-28-33-78-77-32-25-26-37-95(77)123-102(78)91)88-49-42-73(108(7,8)9)61-86(88)117(100)98-79-63-82-84(112(16,17)53-52-111(82,14)15)66-96(79)124-105(98)121(93)76-47-48-80-81(62-76)110(12,13)51-50-109(80,10)11/h25-49,58-66H,50-57,67H2,1-24H3. The average molecular weight is 1640 g/mol. The van der Waals surface area contributed by atoms with Crippen LogP contribution in [0.25, 0.3) is 44.0 Å². The molecule has 1 unspecified atom stereocenters. The highest BCUT2D eigenvalue weighted by molar-refractivity contribution is 7.02. The Morgan fingerprint density at radius 1 is 0.312 bits per heavy atom. The number of fused-ring (bicyclic) bond motifs is 18. The second-order valence-corrected chi connectivity index (χ2v) is 47.3. The molecular formula is C116H124B2N4O3. The highest BCUT2D eigenvalue weighted by atomic mass is 16.4. The van der Waals surface area contributed by atoms with Crippen molar-refractivity contribution in [3.8, 4) is 11.1 Å². The minimum atomic E-state index is -0.290. The lowest BCUT2D eigenvalue weighted by atomic mass is 9.33. The van der Waals surface area contributed by atoms with Crippen molar-refractivity contribution < 1.29 is 13.3 Å². The maximum atomic E-state index is 8.01. The van der Waals surface area contributed by atoms with Crippen LogP contribution in [0.15, 0.2) is 220 Å². The third kappa shape index (κ3) is 11.9. The van der Waals surface area contributed by atoms with Gasteiger partial charge in [0.1, 0.15) is 16.9 Å². The van der Waals surface area contributed by atoms with Crippen LogP contribution in [0, 0.1) is 0 Å². The first-order valence-electron chi connectivity index (χ1n) is 46.9. The van der Waals surface area contributed by atoms with E-state index >= 15 is 0 Å². The average Bonchev–Trinajstić information content (AvgIpc) is 1.63. The molecule has 3 aromatic heterocycles. The molecule has 125 heavy (non-hydrogen) atoms. The first-order chi connectivity index (χ1) is 58.9. The van der Waals surface area contributed by atoms with Gasteiger partial charge in [0.05, 0.1) is 17.0 Å². The van der Waals surface area contributed by atoms with E-state index in [0.29, 0.717) is 0 Å². The Morgan fingerprint density at radius 2 is 0.832 bits per heavy atom. The van der Waals surface area contributed by atoms with Gasteiger partial charge in [-0.2, -0.15) is 0 Å². The fourth-order valence-electron chi connectivity index (χ4n) is 24.3. The van der Waals surface area contributed by atoms with Crippen molar-refractivity contribution >= 4 is 148 Å². The second-order valence-electron chi connectivity index (χ2n) is 47.3. The molecule has 0 spiro atoms. The summed E-state index contributed by atoms with van der Waals surface area (Å²) in [5, 5.41) is 3.42. The SMILES string of the molecule is CC(C)(C)c1ccc(N2c3cc4c(cc3B3c5oc6c(c5N(c5ccc(C(C)(C)C)cc5)c5cccc2c53)C(C)(C)CCC6(C)C)C(C)(Cc2cccc(-c3cc5c6c(c3)N(c3cccc7c3oc3ccccc37)c3ccc(C(C)(C)C)cc3B6c3c(oc6cc7c(cc36)C(C)(C)CCC7(C)C)N5c3ccc5c(c3)C(C)(C)CCC5(C)C)c2)CCC4(C)C)cc1. The lowest BCUT2D eigenvalue weighted by Gasteiger charge is -2.47. The Kier molecular flexibility index (Phi) is 16.9. The molecule has 0 bridgehead atoms. The fraction of sp³-hybridized carbons (Fsp3) is 0.379. The van der Waals surface area contributed by atoms with Crippen LogP contribution < -0.4 is 52.6 Å². The topological polar surface area (TPSA) is 52.4 Å². The molecule has 0 N–H and O–H groups in total. The maximum Gasteiger partial charge on any atom is 0.297 e. The molecule has 11 aromatic carbocycles. The van der Waals surface area contributed by atoms with Crippen molar-refractivity contribution in [2.24, 2.45) is 0 Å². The zero-order valence-corrected chi connectivity index (χ0v) is 78.7. The van der Waals surface area contributed by atoms with E-state index < -0.39 is 0 Å². The summed E-state index contributed by atoms with van der Waals surface area (Å²) in [6, 6.07) is 81.9. The van der Waals surface area contributed by atoms with Crippen molar-refractivity contribution in [3.63, 3.8) is 0 Å². The molecule has 7 heterocycles. The summed E-state index contributed by atoms with van der Waals surface area (Å²) in [6.07, 6.45) is 9.47. The van der Waals surface area contributed by atoms with Crippen LogP contribution >= 0.6 is 0 Å². The number of benzene rings is 11. The first kappa shape index (κ1) is 80.2. The molecule has 9 heteroatoms. The van der Waals surface area contributed by atoms with Gasteiger partial charge in [-0.3, -0.25) is 4.90 Å². The van der Waals surface area contributed by atoms with Crippen molar-refractivity contribution in [2.45, 2.75) is 284 Å². The molecule has 0 saturated carbocycles. The first-order valence-corrected chi connectivity index (χ1v) is 46.9. The van der Waals surface area contributed by atoms with Gasteiger partial charge < -0.3 is 28.0 Å². The summed E-state index contributed by atoms with van der Waals surface area (Å²) in [6.45, 7) is 57.8. The molecule has 0 fully saturated rings. The molecule has 0 saturated heterocycles. The van der Waals surface area contributed by atoms with Crippen molar-refractivity contribution in [3.05, 3.63) is 273 Å². The molecule has 1 atom stereocenters. The Morgan fingerprint density at radius 3 is 1.50 bits per heavy atom. The predicted octanol–water partition coefficient (Wildman–Crippen LogP) is 28.3. The number of hydrogen-bond donors (Lipinski definition) is 0. The highest BCUT2D eigenvalue weighted by Gasteiger charge is 2.56. The molecule has 632 valence electrons. The smallest absolute Gasteiger partial charge is 0.297 e. The summed E-state index contributed by atoms with van der Waals surface area (Å²) in [7, 11) is 0. The van der Waals surface area contributed by atoms with E-state index in [4.69, 9.17) is 13.3 Å². The quantitative estimate of drug-likeness (QED) is 0.147. The Labute approximate surface area is 743 Å². The fourth-order valence-corrected chi connectivity index (χ4v) is 24.3. The Balaban J connectivity index is 0.769. The number of hydrogen-bond acceptors (Lipinski definition) is 7. The van der Waals surface area contributed by atoms with E-state index in [1.54, 1.807) is 0 Å². The molecule has 22 rings (SSSR count). The van der Waals surface area contributed by atoms with Crippen LogP contribution in [-0.2, 0) is 66.0 Å². The summed E-state index contributed by atoms with van der Waals surface area (Å²) in [5.74, 6) is 2.04. The van der Waals surface area contributed by atoms with Crippen molar-refractivity contribution in [1.29, 1.82) is 0 Å². The Bertz CT molecular complexity index is 6920. The van der Waals surface area contributed by atoms with Crippen LogP contribution in [0.4, 0.5) is 68.4 Å². The summed E-state index contributed by atoms with van der Waals surface area (Å²) in [4.78, 5) is 10.5. The van der Waals surface area contributed by atoms with Gasteiger partial charge in [0.15, 0.2) is 5.58 Å². The van der Waals surface area contributed by atoms with Gasteiger partial charge in [-0.15, -0.1) is 0 Å². The van der Waals surface area contributed by atoms with Gasteiger partial charge in [0.25, 0.3) is 13.4 Å². The second kappa shape index (κ2) is 26.3. The van der Waals surface area contributed by atoms with Gasteiger partial charge in [0, 0.05) is 83.8 Å². The van der Waals surface area contributed by atoms with E-state index in [9.17, 15) is 0 Å². The van der Waals surface area contributed by atoms with Gasteiger partial charge in [-0.05, 0) is 298 Å². The van der Waals surface area contributed by atoms with Crippen LogP contribution in [0.2, 0.25) is 0 Å². The molecule has 7 nitrogen and oxygen atoms in total. The number of nitrogens with zero attached hydrogens (tertiary/aromatic N) is 4.